The van der Waals surface area contributed by atoms with E-state index in [4.69, 9.17) is 4.74 Å². The Morgan fingerprint density at radius 3 is 2.56 bits per heavy atom. The molecule has 0 unspecified atom stereocenters. The van der Waals surface area contributed by atoms with Crippen molar-refractivity contribution in [3.05, 3.63) is 54.4 Å². The van der Waals surface area contributed by atoms with Gasteiger partial charge in [0.1, 0.15) is 5.65 Å². The Labute approximate surface area is 159 Å². The summed E-state index contributed by atoms with van der Waals surface area (Å²) in [6, 6.07) is 11.0. The lowest BCUT2D eigenvalue weighted by Crippen LogP contribution is -2.48. The Balaban J connectivity index is 1.71. The van der Waals surface area contributed by atoms with Crippen molar-refractivity contribution in [1.82, 2.24) is 13.7 Å². The number of benzene rings is 1. The number of morpholine rings is 1. The predicted molar refractivity (Wildman–Crippen MR) is 104 cm³/mol. The monoisotopic (exact) mass is 385 g/mol. The van der Waals surface area contributed by atoms with Gasteiger partial charge >= 0.3 is 0 Å². The normalized spacial score (nSPS) is 21.6. The molecule has 2 atom stereocenters. The van der Waals surface area contributed by atoms with Gasteiger partial charge in [-0.2, -0.15) is 4.31 Å². The molecule has 0 amide bonds. The van der Waals surface area contributed by atoms with Crippen molar-refractivity contribution in [1.29, 1.82) is 0 Å². The Bertz CT molecular complexity index is 1080. The fourth-order valence-corrected chi connectivity index (χ4v) is 5.17. The molecule has 1 aliphatic rings. The molecule has 0 saturated carbocycles. The van der Waals surface area contributed by atoms with Crippen molar-refractivity contribution < 1.29 is 13.2 Å². The highest BCUT2D eigenvalue weighted by Crippen LogP contribution is 2.26. The first-order valence-corrected chi connectivity index (χ1v) is 10.5. The molecule has 4 rings (SSSR count). The van der Waals surface area contributed by atoms with E-state index in [2.05, 4.69) is 4.98 Å². The minimum Gasteiger partial charge on any atom is -0.373 e. The standard InChI is InChI=1S/C20H23N3O3S/c1-14-7-8-20-21-19(13-22(20)10-14)17-5-4-6-18(9-17)27(24,25)23-11-15(2)26-16(3)12-23/h4-10,13,15-16H,11-12H2,1-3H3/t15-,16-/m0/s1. The number of rotatable bonds is 3. The van der Waals surface area contributed by atoms with Gasteiger partial charge in [-0.15, -0.1) is 0 Å². The van der Waals surface area contributed by atoms with Gasteiger partial charge in [0.15, 0.2) is 0 Å². The highest BCUT2D eigenvalue weighted by molar-refractivity contribution is 7.89. The number of sulfonamides is 1. The maximum atomic E-state index is 13.1. The lowest BCUT2D eigenvalue weighted by Gasteiger charge is -2.34. The van der Waals surface area contributed by atoms with Gasteiger partial charge in [-0.05, 0) is 44.5 Å². The number of aryl methyl sites for hydroxylation is 1. The number of pyridine rings is 1. The van der Waals surface area contributed by atoms with Crippen LogP contribution >= 0.6 is 0 Å². The average Bonchev–Trinajstić information content (AvgIpc) is 3.04. The fourth-order valence-electron chi connectivity index (χ4n) is 3.53. The molecule has 0 N–H and O–H groups in total. The predicted octanol–water partition coefficient (Wildman–Crippen LogP) is 3.11. The number of ether oxygens (including phenoxy) is 1. The summed E-state index contributed by atoms with van der Waals surface area (Å²) in [5.74, 6) is 0. The number of aromatic nitrogens is 2. The van der Waals surface area contributed by atoms with Crippen LogP contribution in [-0.2, 0) is 14.8 Å². The van der Waals surface area contributed by atoms with Gasteiger partial charge in [-0.1, -0.05) is 18.2 Å². The maximum absolute atomic E-state index is 13.1. The summed E-state index contributed by atoms with van der Waals surface area (Å²) in [6.45, 7) is 6.55. The summed E-state index contributed by atoms with van der Waals surface area (Å²) in [6.07, 6.45) is 3.69. The molecule has 0 aliphatic carbocycles. The van der Waals surface area contributed by atoms with Crippen LogP contribution in [0, 0.1) is 6.92 Å². The summed E-state index contributed by atoms with van der Waals surface area (Å²) >= 11 is 0. The van der Waals surface area contributed by atoms with E-state index < -0.39 is 10.0 Å². The third kappa shape index (κ3) is 3.50. The second-order valence-electron chi connectivity index (χ2n) is 7.21. The van der Waals surface area contributed by atoms with E-state index in [0.717, 1.165) is 22.5 Å². The lowest BCUT2D eigenvalue weighted by atomic mass is 10.2. The number of hydrogen-bond donors (Lipinski definition) is 0. The van der Waals surface area contributed by atoms with E-state index in [1.54, 1.807) is 18.2 Å². The summed E-state index contributed by atoms with van der Waals surface area (Å²) in [4.78, 5) is 4.91. The first-order valence-electron chi connectivity index (χ1n) is 9.04. The van der Waals surface area contributed by atoms with Crippen LogP contribution in [0.15, 0.2) is 53.7 Å². The zero-order valence-corrected chi connectivity index (χ0v) is 16.5. The summed E-state index contributed by atoms with van der Waals surface area (Å²) in [5, 5.41) is 0. The topological polar surface area (TPSA) is 63.9 Å². The SMILES string of the molecule is Cc1ccc2nc(-c3cccc(S(=O)(=O)N4C[C@H](C)O[C@@H](C)C4)c3)cn2c1. The van der Waals surface area contributed by atoms with Crippen molar-refractivity contribution in [3.8, 4) is 11.3 Å². The molecule has 0 bridgehead atoms. The molecule has 7 heteroatoms. The lowest BCUT2D eigenvalue weighted by molar-refractivity contribution is -0.0440. The highest BCUT2D eigenvalue weighted by Gasteiger charge is 2.32. The van der Waals surface area contributed by atoms with Crippen molar-refractivity contribution >= 4 is 15.7 Å². The van der Waals surface area contributed by atoms with Gasteiger partial charge in [0, 0.05) is 31.0 Å². The zero-order valence-electron chi connectivity index (χ0n) is 15.7. The quantitative estimate of drug-likeness (QED) is 0.695. The first-order chi connectivity index (χ1) is 12.8. The van der Waals surface area contributed by atoms with Crippen molar-refractivity contribution in [2.75, 3.05) is 13.1 Å². The Morgan fingerprint density at radius 2 is 1.81 bits per heavy atom. The Hall–Kier alpha value is -2.22. The first kappa shape index (κ1) is 18.2. The van der Waals surface area contributed by atoms with Crippen LogP contribution in [0.3, 0.4) is 0 Å². The van der Waals surface area contributed by atoms with Crippen LogP contribution in [-0.4, -0.2) is 47.4 Å². The molecule has 3 heterocycles. The average molecular weight is 385 g/mol. The Kier molecular flexibility index (Phi) is 4.53. The van der Waals surface area contributed by atoms with Crippen LogP contribution in [0.4, 0.5) is 0 Å². The third-order valence-corrected chi connectivity index (χ3v) is 6.58. The van der Waals surface area contributed by atoms with E-state index >= 15 is 0 Å². The van der Waals surface area contributed by atoms with Crippen molar-refractivity contribution in [2.45, 2.75) is 37.9 Å². The second-order valence-corrected chi connectivity index (χ2v) is 9.14. The van der Waals surface area contributed by atoms with Crippen LogP contribution < -0.4 is 0 Å². The molecular weight excluding hydrogens is 362 g/mol. The van der Waals surface area contributed by atoms with E-state index in [1.165, 1.54) is 4.31 Å². The molecule has 2 aromatic heterocycles. The third-order valence-electron chi connectivity index (χ3n) is 4.75. The van der Waals surface area contributed by atoms with E-state index in [-0.39, 0.29) is 17.1 Å². The van der Waals surface area contributed by atoms with E-state index in [9.17, 15) is 8.42 Å². The van der Waals surface area contributed by atoms with Gasteiger partial charge in [-0.3, -0.25) is 0 Å². The van der Waals surface area contributed by atoms with Crippen LogP contribution in [0.25, 0.3) is 16.9 Å². The van der Waals surface area contributed by atoms with Crippen LogP contribution in [0.1, 0.15) is 19.4 Å². The summed E-state index contributed by atoms with van der Waals surface area (Å²) < 4.78 is 35.4. The molecule has 1 aliphatic heterocycles. The van der Waals surface area contributed by atoms with E-state index in [0.29, 0.717) is 13.1 Å². The number of hydrogen-bond acceptors (Lipinski definition) is 4. The molecule has 6 nitrogen and oxygen atoms in total. The molecular formula is C20H23N3O3S. The van der Waals surface area contributed by atoms with Crippen molar-refractivity contribution in [2.24, 2.45) is 0 Å². The highest BCUT2D eigenvalue weighted by atomic mass is 32.2. The largest absolute Gasteiger partial charge is 0.373 e. The molecule has 1 fully saturated rings. The van der Waals surface area contributed by atoms with Crippen LogP contribution in [0.5, 0.6) is 0 Å². The molecule has 27 heavy (non-hydrogen) atoms. The maximum Gasteiger partial charge on any atom is 0.243 e. The second kappa shape index (κ2) is 6.74. The number of fused-ring (bicyclic) bond motifs is 1. The van der Waals surface area contributed by atoms with Gasteiger partial charge in [0.25, 0.3) is 0 Å². The number of imidazole rings is 1. The van der Waals surface area contributed by atoms with Crippen LogP contribution in [0.2, 0.25) is 0 Å². The van der Waals surface area contributed by atoms with Gasteiger partial charge < -0.3 is 9.14 Å². The molecule has 1 aromatic carbocycles. The molecule has 3 aromatic rings. The van der Waals surface area contributed by atoms with E-state index in [1.807, 2.05) is 55.8 Å². The fraction of sp³-hybridized carbons (Fsp3) is 0.350. The Morgan fingerprint density at radius 1 is 1.07 bits per heavy atom. The molecule has 142 valence electrons. The molecule has 1 saturated heterocycles. The number of nitrogens with zero attached hydrogens (tertiary/aromatic N) is 3. The minimum absolute atomic E-state index is 0.117. The summed E-state index contributed by atoms with van der Waals surface area (Å²) in [7, 11) is -3.58. The van der Waals surface area contributed by atoms with Gasteiger partial charge in [-0.25, -0.2) is 13.4 Å². The minimum atomic E-state index is -3.58. The smallest absolute Gasteiger partial charge is 0.243 e. The zero-order chi connectivity index (χ0) is 19.2. The molecule has 0 spiro atoms. The summed E-state index contributed by atoms with van der Waals surface area (Å²) in [5.41, 5.74) is 3.51. The molecule has 0 radical (unpaired) electrons. The van der Waals surface area contributed by atoms with Gasteiger partial charge in [0.2, 0.25) is 10.0 Å². The van der Waals surface area contributed by atoms with Gasteiger partial charge in [0.05, 0.1) is 22.8 Å². The van der Waals surface area contributed by atoms with Crippen molar-refractivity contribution in [3.63, 3.8) is 0 Å².